The van der Waals surface area contributed by atoms with Crippen LogP contribution in [0.3, 0.4) is 0 Å². The van der Waals surface area contributed by atoms with Crippen LogP contribution in [0.1, 0.15) is 11.3 Å². The fraction of sp³-hybridized carbons (Fsp3) is 0.222. The molecule has 116 valence electrons. The van der Waals surface area contributed by atoms with Crippen LogP contribution in [0.2, 0.25) is 0 Å². The molecule has 2 aromatic heterocycles. The lowest BCUT2D eigenvalue weighted by atomic mass is 9.98. The largest absolute Gasteiger partial charge is 0.474 e. The van der Waals surface area contributed by atoms with Crippen LogP contribution >= 0.6 is 9.24 Å². The summed E-state index contributed by atoms with van der Waals surface area (Å²) in [4.78, 5) is 8.87. The van der Waals surface area contributed by atoms with Crippen molar-refractivity contribution in [3.63, 3.8) is 0 Å². The van der Waals surface area contributed by atoms with Crippen molar-refractivity contribution in [3.8, 4) is 17.0 Å². The van der Waals surface area contributed by atoms with E-state index < -0.39 is 0 Å². The van der Waals surface area contributed by atoms with Crippen LogP contribution in [0, 0.1) is 13.8 Å². The van der Waals surface area contributed by atoms with E-state index in [4.69, 9.17) is 4.74 Å². The maximum atomic E-state index is 5.62. The molecule has 1 N–H and O–H groups in total. The second kappa shape index (κ2) is 5.47. The lowest BCUT2D eigenvalue weighted by molar-refractivity contribution is 0.310. The molecule has 0 amide bonds. The molecule has 0 saturated heterocycles. The summed E-state index contributed by atoms with van der Waals surface area (Å²) >= 11 is 0. The molecule has 3 heterocycles. The van der Waals surface area contributed by atoms with Gasteiger partial charge in [-0.15, -0.1) is 9.24 Å². The first-order valence-electron chi connectivity index (χ1n) is 7.66. The smallest absolute Gasteiger partial charge is 0.237 e. The van der Waals surface area contributed by atoms with Crippen molar-refractivity contribution in [1.82, 2.24) is 9.97 Å². The van der Waals surface area contributed by atoms with Gasteiger partial charge in [-0.1, -0.05) is 0 Å². The quantitative estimate of drug-likeness (QED) is 0.699. The molecule has 1 aromatic carbocycles. The zero-order chi connectivity index (χ0) is 16.0. The second-order valence-corrected chi connectivity index (χ2v) is 6.49. The summed E-state index contributed by atoms with van der Waals surface area (Å²) in [6.45, 7) is 5.61. The Labute approximate surface area is 137 Å². The number of aryl methyl sites for hydroxylation is 1. The predicted molar refractivity (Wildman–Crippen MR) is 97.8 cm³/mol. The molecule has 23 heavy (non-hydrogen) atoms. The van der Waals surface area contributed by atoms with E-state index in [0.29, 0.717) is 12.5 Å². The maximum Gasteiger partial charge on any atom is 0.237 e. The number of aromatic nitrogens is 2. The van der Waals surface area contributed by atoms with E-state index in [9.17, 15) is 0 Å². The van der Waals surface area contributed by atoms with Gasteiger partial charge in [0.2, 0.25) is 5.88 Å². The number of hydrogen-bond donors (Lipinski definition) is 1. The van der Waals surface area contributed by atoms with E-state index >= 15 is 0 Å². The number of rotatable bonds is 1. The third kappa shape index (κ3) is 2.43. The number of nitrogens with one attached hydrogen (secondary N) is 1. The van der Waals surface area contributed by atoms with Crippen LogP contribution < -0.4 is 15.4 Å². The summed E-state index contributed by atoms with van der Waals surface area (Å²) in [5, 5.41) is 6.89. The number of pyridine rings is 2. The minimum absolute atomic E-state index is 0.663. The van der Waals surface area contributed by atoms with Crippen molar-refractivity contribution in [3.05, 3.63) is 41.9 Å². The normalized spacial score (nSPS) is 13.3. The summed E-state index contributed by atoms with van der Waals surface area (Å²) in [5.41, 5.74) is 5.50. The molecule has 0 saturated carbocycles. The number of benzene rings is 1. The molecular formula is C18H18N3OP. The monoisotopic (exact) mass is 323 g/mol. The van der Waals surface area contributed by atoms with E-state index in [0.717, 1.165) is 34.2 Å². The highest BCUT2D eigenvalue weighted by Gasteiger charge is 2.18. The molecule has 1 atom stereocenters. The SMILES string of the molecule is Cc1cc2cc(-c3cnc4c(c3C)NCCO4)c(P)cc2cn1. The first kappa shape index (κ1) is 14.4. The molecule has 0 fully saturated rings. The van der Waals surface area contributed by atoms with Gasteiger partial charge in [-0.05, 0) is 53.9 Å². The van der Waals surface area contributed by atoms with E-state index in [2.05, 4.69) is 49.6 Å². The Bertz CT molecular complexity index is 924. The molecule has 0 bridgehead atoms. The predicted octanol–water partition coefficient (Wildman–Crippen LogP) is 3.22. The van der Waals surface area contributed by atoms with Gasteiger partial charge in [0.1, 0.15) is 12.3 Å². The van der Waals surface area contributed by atoms with Gasteiger partial charge in [0.15, 0.2) is 0 Å². The molecule has 4 nitrogen and oxygen atoms in total. The number of hydrogen-bond acceptors (Lipinski definition) is 4. The first-order valence-corrected chi connectivity index (χ1v) is 8.24. The Morgan fingerprint density at radius 1 is 1.04 bits per heavy atom. The van der Waals surface area contributed by atoms with Crippen LogP contribution in [0.4, 0.5) is 5.69 Å². The van der Waals surface area contributed by atoms with Gasteiger partial charge in [-0.2, -0.15) is 0 Å². The van der Waals surface area contributed by atoms with Crippen LogP contribution in [0.15, 0.2) is 30.6 Å². The number of anilines is 1. The molecule has 1 aliphatic heterocycles. The second-order valence-electron chi connectivity index (χ2n) is 5.86. The molecule has 0 radical (unpaired) electrons. The fourth-order valence-corrected chi connectivity index (χ4v) is 3.47. The van der Waals surface area contributed by atoms with Crippen LogP contribution in [-0.4, -0.2) is 23.1 Å². The molecule has 0 spiro atoms. The first-order chi connectivity index (χ1) is 11.1. The summed E-state index contributed by atoms with van der Waals surface area (Å²) in [6, 6.07) is 6.49. The van der Waals surface area contributed by atoms with Gasteiger partial charge >= 0.3 is 0 Å². The van der Waals surface area contributed by atoms with Gasteiger partial charge < -0.3 is 10.1 Å². The molecule has 4 rings (SSSR count). The Morgan fingerprint density at radius 2 is 1.91 bits per heavy atom. The summed E-state index contributed by atoms with van der Waals surface area (Å²) in [6.07, 6.45) is 3.83. The van der Waals surface area contributed by atoms with Gasteiger partial charge in [-0.25, -0.2) is 4.98 Å². The number of ether oxygens (including phenoxy) is 1. The topological polar surface area (TPSA) is 47.0 Å². The van der Waals surface area contributed by atoms with Gasteiger partial charge in [0.25, 0.3) is 0 Å². The minimum atomic E-state index is 0.663. The van der Waals surface area contributed by atoms with Crippen molar-refractivity contribution in [1.29, 1.82) is 0 Å². The molecule has 5 heteroatoms. The highest BCUT2D eigenvalue weighted by molar-refractivity contribution is 7.28. The number of fused-ring (bicyclic) bond motifs is 2. The summed E-state index contributed by atoms with van der Waals surface area (Å²) in [5.74, 6) is 0.698. The molecule has 1 aliphatic rings. The minimum Gasteiger partial charge on any atom is -0.474 e. The van der Waals surface area contributed by atoms with Crippen molar-refractivity contribution >= 4 is 31.0 Å². The Morgan fingerprint density at radius 3 is 2.78 bits per heavy atom. The lowest BCUT2D eigenvalue weighted by Crippen LogP contribution is -2.20. The highest BCUT2D eigenvalue weighted by atomic mass is 31.0. The van der Waals surface area contributed by atoms with E-state index in [1.165, 1.54) is 16.5 Å². The highest BCUT2D eigenvalue weighted by Crippen LogP contribution is 2.35. The third-order valence-electron chi connectivity index (χ3n) is 4.26. The van der Waals surface area contributed by atoms with Crippen molar-refractivity contribution < 1.29 is 4.74 Å². The molecule has 0 aliphatic carbocycles. The zero-order valence-corrected chi connectivity index (χ0v) is 14.3. The molecular weight excluding hydrogens is 305 g/mol. The van der Waals surface area contributed by atoms with Gasteiger partial charge in [-0.3, -0.25) is 4.98 Å². The van der Waals surface area contributed by atoms with Gasteiger partial charge in [0, 0.05) is 35.6 Å². The summed E-state index contributed by atoms with van der Waals surface area (Å²) in [7, 11) is 2.83. The standard InChI is InChI=1S/C18H18N3OP/c1-10-5-12-6-14(16(23)7-13(12)8-20-10)15-9-21-18-17(11(15)2)19-3-4-22-18/h5-9,19H,3-4,23H2,1-2H3. The molecule has 1 unspecified atom stereocenters. The Kier molecular flexibility index (Phi) is 3.42. The fourth-order valence-electron chi connectivity index (χ4n) is 3.05. The van der Waals surface area contributed by atoms with Crippen molar-refractivity contribution in [2.75, 3.05) is 18.5 Å². The molecule has 3 aromatic rings. The number of nitrogens with zero attached hydrogens (tertiary/aromatic N) is 2. The average Bonchev–Trinajstić information content (AvgIpc) is 2.56. The zero-order valence-electron chi connectivity index (χ0n) is 13.2. The Hall–Kier alpha value is -2.19. The van der Waals surface area contributed by atoms with Crippen LogP contribution in [0.25, 0.3) is 21.9 Å². The van der Waals surface area contributed by atoms with Crippen LogP contribution in [0.5, 0.6) is 5.88 Å². The Balaban J connectivity index is 1.93. The third-order valence-corrected chi connectivity index (χ3v) is 4.74. The van der Waals surface area contributed by atoms with E-state index in [1.807, 2.05) is 19.3 Å². The van der Waals surface area contributed by atoms with Crippen LogP contribution in [-0.2, 0) is 0 Å². The maximum absolute atomic E-state index is 5.62. The van der Waals surface area contributed by atoms with E-state index in [1.54, 1.807) is 0 Å². The van der Waals surface area contributed by atoms with Gasteiger partial charge in [0.05, 0.1) is 0 Å². The van der Waals surface area contributed by atoms with E-state index in [-0.39, 0.29) is 0 Å². The lowest BCUT2D eigenvalue weighted by Gasteiger charge is -2.22. The summed E-state index contributed by atoms with van der Waals surface area (Å²) < 4.78 is 5.62. The van der Waals surface area contributed by atoms with Crippen molar-refractivity contribution in [2.45, 2.75) is 13.8 Å². The average molecular weight is 323 g/mol. The van der Waals surface area contributed by atoms with Crippen molar-refractivity contribution in [2.24, 2.45) is 0 Å².